The molecule has 0 aliphatic rings. The van der Waals surface area contributed by atoms with Gasteiger partial charge >= 0.3 is 18.0 Å². The minimum Gasteiger partial charge on any atom is -0.494 e. The van der Waals surface area contributed by atoms with Crippen LogP contribution < -0.4 is 10.1 Å². The third-order valence-corrected chi connectivity index (χ3v) is 4.58. The van der Waals surface area contributed by atoms with Crippen molar-refractivity contribution in [2.24, 2.45) is 0 Å². The second-order valence-electron chi connectivity index (χ2n) is 8.38. The fourth-order valence-electron chi connectivity index (χ4n) is 3.11. The van der Waals surface area contributed by atoms with Gasteiger partial charge in [0.2, 0.25) is 0 Å². The summed E-state index contributed by atoms with van der Waals surface area (Å²) in [7, 11) is 2.90. The molecule has 3 rings (SSSR count). The van der Waals surface area contributed by atoms with Crippen LogP contribution in [0.4, 0.5) is 4.79 Å². The molecule has 0 fully saturated rings. The van der Waals surface area contributed by atoms with E-state index < -0.39 is 23.6 Å². The number of rotatable bonds is 8. The zero-order valence-electron chi connectivity index (χ0n) is 20.2. The standard InChI is InChI=1S/C24H27N3O8/c1-24(2,3)35-23(30)25-11-18(28)33-12-14-9-10-17(32-5)21-19(14)26-16-8-6-7-15(20(16)27-21)22(29)34-13-31-4/h6-10H,11-13H2,1-5H3,(H,25,30). The molecule has 0 atom stereocenters. The lowest BCUT2D eigenvalue weighted by Crippen LogP contribution is -2.36. The maximum Gasteiger partial charge on any atom is 0.408 e. The summed E-state index contributed by atoms with van der Waals surface area (Å²) in [5, 5.41) is 2.35. The quantitative estimate of drug-likeness (QED) is 0.219. The molecular weight excluding hydrogens is 458 g/mol. The van der Waals surface area contributed by atoms with E-state index in [2.05, 4.69) is 15.3 Å². The number of carbonyl (C=O) groups excluding carboxylic acids is 3. The van der Waals surface area contributed by atoms with E-state index in [9.17, 15) is 14.4 Å². The van der Waals surface area contributed by atoms with Crippen LogP contribution in [-0.4, -0.2) is 61.2 Å². The van der Waals surface area contributed by atoms with Crippen LogP contribution in [0, 0.1) is 0 Å². The molecule has 0 aliphatic carbocycles. The molecule has 0 radical (unpaired) electrons. The predicted octanol–water partition coefficient (Wildman–Crippen LogP) is 3.12. The van der Waals surface area contributed by atoms with E-state index in [1.807, 2.05) is 0 Å². The number of alkyl carbamates (subject to hydrolysis) is 1. The number of ether oxygens (including phenoxy) is 5. The van der Waals surface area contributed by atoms with Gasteiger partial charge in [0.1, 0.15) is 35.5 Å². The van der Waals surface area contributed by atoms with Crippen molar-refractivity contribution in [1.82, 2.24) is 15.3 Å². The van der Waals surface area contributed by atoms with E-state index >= 15 is 0 Å². The number of aromatic nitrogens is 2. The summed E-state index contributed by atoms with van der Waals surface area (Å²) < 4.78 is 25.7. The van der Waals surface area contributed by atoms with Gasteiger partial charge in [-0.1, -0.05) is 6.07 Å². The highest BCUT2D eigenvalue weighted by atomic mass is 16.7. The lowest BCUT2D eigenvalue weighted by atomic mass is 10.1. The van der Waals surface area contributed by atoms with Crippen LogP contribution in [0.1, 0.15) is 36.7 Å². The fourth-order valence-corrected chi connectivity index (χ4v) is 3.11. The number of nitrogens with one attached hydrogen (secondary N) is 1. The van der Waals surface area contributed by atoms with E-state index in [0.29, 0.717) is 33.4 Å². The second-order valence-corrected chi connectivity index (χ2v) is 8.38. The van der Waals surface area contributed by atoms with Crippen molar-refractivity contribution in [1.29, 1.82) is 0 Å². The number of benzene rings is 2. The largest absolute Gasteiger partial charge is 0.494 e. The van der Waals surface area contributed by atoms with E-state index in [0.717, 1.165) is 0 Å². The first-order valence-corrected chi connectivity index (χ1v) is 10.7. The van der Waals surface area contributed by atoms with Gasteiger partial charge < -0.3 is 29.0 Å². The molecule has 1 aromatic heterocycles. The minimum absolute atomic E-state index is 0.120. The Kier molecular flexibility index (Phi) is 8.02. The van der Waals surface area contributed by atoms with Gasteiger partial charge in [0.15, 0.2) is 6.79 Å². The molecule has 186 valence electrons. The van der Waals surface area contributed by atoms with Crippen molar-refractivity contribution in [3.05, 3.63) is 41.5 Å². The number of hydrogen-bond donors (Lipinski definition) is 1. The molecule has 0 unspecified atom stereocenters. The number of carbonyl (C=O) groups is 3. The fraction of sp³-hybridized carbons (Fsp3) is 0.375. The normalized spacial score (nSPS) is 11.2. The van der Waals surface area contributed by atoms with Gasteiger partial charge in [-0.15, -0.1) is 0 Å². The van der Waals surface area contributed by atoms with Gasteiger partial charge in [0.05, 0.1) is 23.7 Å². The minimum atomic E-state index is -0.721. The van der Waals surface area contributed by atoms with Crippen LogP contribution in [0.5, 0.6) is 5.75 Å². The zero-order chi connectivity index (χ0) is 25.6. The number of esters is 2. The van der Waals surface area contributed by atoms with Crippen LogP contribution in [-0.2, 0) is 30.3 Å². The molecule has 1 amide bonds. The molecular formula is C24H27N3O8. The van der Waals surface area contributed by atoms with Crippen molar-refractivity contribution in [3.63, 3.8) is 0 Å². The highest BCUT2D eigenvalue weighted by molar-refractivity contribution is 6.04. The molecule has 2 aromatic carbocycles. The second kappa shape index (κ2) is 11.0. The Bertz CT molecular complexity index is 1250. The van der Waals surface area contributed by atoms with Crippen LogP contribution in [0.25, 0.3) is 22.1 Å². The highest BCUT2D eigenvalue weighted by Crippen LogP contribution is 2.29. The third kappa shape index (κ3) is 6.54. The zero-order valence-corrected chi connectivity index (χ0v) is 20.2. The van der Waals surface area contributed by atoms with Crippen LogP contribution >= 0.6 is 0 Å². The van der Waals surface area contributed by atoms with E-state index in [1.54, 1.807) is 51.1 Å². The molecule has 0 spiro atoms. The number of amides is 1. The van der Waals surface area contributed by atoms with Gasteiger partial charge in [0.25, 0.3) is 0 Å². The van der Waals surface area contributed by atoms with Crippen molar-refractivity contribution >= 4 is 40.1 Å². The highest BCUT2D eigenvalue weighted by Gasteiger charge is 2.19. The summed E-state index contributed by atoms with van der Waals surface area (Å²) in [6, 6.07) is 8.31. The van der Waals surface area contributed by atoms with Gasteiger partial charge in [-0.2, -0.15) is 0 Å². The first kappa shape index (κ1) is 25.6. The number of fused-ring (bicyclic) bond motifs is 2. The monoisotopic (exact) mass is 485 g/mol. The molecule has 0 bridgehead atoms. The smallest absolute Gasteiger partial charge is 0.408 e. The average Bonchev–Trinajstić information content (AvgIpc) is 2.81. The van der Waals surface area contributed by atoms with Gasteiger partial charge in [0, 0.05) is 12.7 Å². The van der Waals surface area contributed by atoms with Crippen molar-refractivity contribution < 1.29 is 38.1 Å². The Morgan fingerprint density at radius 1 is 0.943 bits per heavy atom. The van der Waals surface area contributed by atoms with E-state index in [-0.39, 0.29) is 25.5 Å². The molecule has 0 saturated heterocycles. The number of nitrogens with zero attached hydrogens (tertiary/aromatic N) is 2. The van der Waals surface area contributed by atoms with Crippen LogP contribution in [0.2, 0.25) is 0 Å². The summed E-state index contributed by atoms with van der Waals surface area (Å²) in [4.78, 5) is 45.6. The van der Waals surface area contributed by atoms with Crippen molar-refractivity contribution in [2.45, 2.75) is 33.0 Å². The van der Waals surface area contributed by atoms with Gasteiger partial charge in [-0.3, -0.25) is 4.79 Å². The lowest BCUT2D eigenvalue weighted by Gasteiger charge is -2.19. The lowest BCUT2D eigenvalue weighted by molar-refractivity contribution is -0.143. The van der Waals surface area contributed by atoms with Crippen molar-refractivity contribution in [3.8, 4) is 5.75 Å². The number of hydrogen-bond acceptors (Lipinski definition) is 10. The van der Waals surface area contributed by atoms with Crippen molar-refractivity contribution in [2.75, 3.05) is 27.6 Å². The number of methoxy groups -OCH3 is 2. The Labute approximate surface area is 201 Å². The van der Waals surface area contributed by atoms with E-state index in [1.165, 1.54) is 14.2 Å². The summed E-state index contributed by atoms with van der Waals surface area (Å²) >= 11 is 0. The maximum absolute atomic E-state index is 12.4. The van der Waals surface area contributed by atoms with Crippen LogP contribution in [0.3, 0.4) is 0 Å². The third-order valence-electron chi connectivity index (χ3n) is 4.58. The molecule has 11 nitrogen and oxygen atoms in total. The van der Waals surface area contributed by atoms with Gasteiger partial charge in [-0.25, -0.2) is 19.6 Å². The summed E-state index contributed by atoms with van der Waals surface area (Å²) in [5.74, 6) is -0.833. The number of para-hydroxylation sites is 1. The molecule has 0 aliphatic heterocycles. The van der Waals surface area contributed by atoms with E-state index in [4.69, 9.17) is 23.7 Å². The molecule has 1 N–H and O–H groups in total. The Morgan fingerprint density at radius 3 is 2.40 bits per heavy atom. The predicted molar refractivity (Wildman–Crippen MR) is 125 cm³/mol. The maximum atomic E-state index is 12.4. The summed E-state index contributed by atoms with van der Waals surface area (Å²) in [5.41, 5.74) is 1.69. The first-order valence-electron chi connectivity index (χ1n) is 10.7. The Balaban J connectivity index is 1.85. The van der Waals surface area contributed by atoms with Crippen LogP contribution in [0.15, 0.2) is 30.3 Å². The average molecular weight is 485 g/mol. The summed E-state index contributed by atoms with van der Waals surface area (Å²) in [6.07, 6.45) is -0.721. The summed E-state index contributed by atoms with van der Waals surface area (Å²) in [6.45, 7) is 4.48. The topological polar surface area (TPSA) is 135 Å². The van der Waals surface area contributed by atoms with Gasteiger partial charge in [-0.05, 0) is 45.0 Å². The molecule has 11 heteroatoms. The Morgan fingerprint density at radius 2 is 1.71 bits per heavy atom. The molecule has 3 aromatic rings. The SMILES string of the molecule is COCOC(=O)c1cccc2nc3c(COC(=O)CNC(=O)OC(C)(C)C)ccc(OC)c3nc12. The molecule has 0 saturated carbocycles. The molecule has 1 heterocycles. The molecule has 35 heavy (non-hydrogen) atoms. The Hall–Kier alpha value is -3.99. The first-order chi connectivity index (χ1) is 16.6.